The molecule has 3 aromatic rings. The topological polar surface area (TPSA) is 122 Å². The van der Waals surface area contributed by atoms with Gasteiger partial charge in [-0.1, -0.05) is 23.7 Å². The van der Waals surface area contributed by atoms with Gasteiger partial charge in [-0.2, -0.15) is 4.31 Å². The number of carbonyl (C=O) groups excluding carboxylic acids is 1. The van der Waals surface area contributed by atoms with Crippen LogP contribution >= 0.6 is 11.6 Å². The third-order valence-corrected chi connectivity index (χ3v) is 10.1. The number of anilines is 2. The maximum absolute atomic E-state index is 13.5. The lowest BCUT2D eigenvalue weighted by atomic mass is 10.2. The lowest BCUT2D eigenvalue weighted by Crippen LogP contribution is -2.48. The molecule has 2 aliphatic rings. The smallest absolute Gasteiger partial charge is 0.267 e. The Kier molecular flexibility index (Phi) is 7.34. The lowest BCUT2D eigenvalue weighted by Gasteiger charge is -2.34. The number of sulfonamides is 2. The first-order valence-electron chi connectivity index (χ1n) is 11.7. The molecule has 3 aromatic carbocycles. The second-order valence-corrected chi connectivity index (χ2v) is 12.8. The average Bonchev–Trinajstić information content (AvgIpc) is 2.93. The number of benzene rings is 3. The summed E-state index contributed by atoms with van der Waals surface area (Å²) in [5.41, 5.74) is 0.648. The monoisotopic (exact) mass is 577 g/mol. The Labute approximate surface area is 225 Å². The van der Waals surface area contributed by atoms with Crippen LogP contribution in [-0.2, 0) is 29.6 Å². The molecule has 0 unspecified atom stereocenters. The number of amides is 1. The van der Waals surface area contributed by atoms with E-state index in [-0.39, 0.29) is 35.2 Å². The van der Waals surface area contributed by atoms with Crippen LogP contribution in [0.15, 0.2) is 82.6 Å². The van der Waals surface area contributed by atoms with Crippen molar-refractivity contribution < 1.29 is 31.1 Å². The zero-order valence-electron chi connectivity index (χ0n) is 20.0. The number of hydrogen-bond acceptors (Lipinski definition) is 7. The Bertz CT molecular complexity index is 1540. The Morgan fingerprint density at radius 3 is 2.13 bits per heavy atom. The van der Waals surface area contributed by atoms with Gasteiger partial charge in [0.05, 0.1) is 35.2 Å². The van der Waals surface area contributed by atoms with Crippen LogP contribution in [0.1, 0.15) is 0 Å². The molecule has 1 saturated heterocycles. The van der Waals surface area contributed by atoms with Gasteiger partial charge in [0, 0.05) is 23.8 Å². The van der Waals surface area contributed by atoms with Gasteiger partial charge in [0.25, 0.3) is 15.9 Å². The molecular weight excluding hydrogens is 554 g/mol. The summed E-state index contributed by atoms with van der Waals surface area (Å²) in [6, 6.07) is 18.1. The summed E-state index contributed by atoms with van der Waals surface area (Å²) in [6.07, 6.45) is -1.16. The van der Waals surface area contributed by atoms with Gasteiger partial charge < -0.3 is 14.8 Å². The highest BCUT2D eigenvalue weighted by Crippen LogP contribution is 2.37. The summed E-state index contributed by atoms with van der Waals surface area (Å²) in [6.45, 7) is 0.954. The molecular formula is C25H24ClN3O7S2. The number of hydrogen-bond donors (Lipinski definition) is 1. The van der Waals surface area contributed by atoms with Crippen LogP contribution in [0.5, 0.6) is 5.75 Å². The van der Waals surface area contributed by atoms with Crippen LogP contribution in [0, 0.1) is 0 Å². The molecule has 0 bridgehead atoms. The number of nitrogens with one attached hydrogen (secondary N) is 1. The number of nitrogens with zero attached hydrogens (tertiary/aromatic N) is 2. The minimum atomic E-state index is -4.03. The van der Waals surface area contributed by atoms with Gasteiger partial charge in [0.1, 0.15) is 5.75 Å². The Balaban J connectivity index is 1.35. The number of ether oxygens (including phenoxy) is 2. The van der Waals surface area contributed by atoms with Crippen LogP contribution in [0.3, 0.4) is 0 Å². The Hall–Kier alpha value is -3.16. The van der Waals surface area contributed by atoms with Gasteiger partial charge in [-0.25, -0.2) is 16.8 Å². The fourth-order valence-electron chi connectivity index (χ4n) is 4.17. The predicted octanol–water partition coefficient (Wildman–Crippen LogP) is 2.96. The molecule has 1 amide bonds. The highest BCUT2D eigenvalue weighted by molar-refractivity contribution is 7.92. The maximum atomic E-state index is 13.5. The first-order chi connectivity index (χ1) is 18.2. The molecule has 10 nitrogen and oxygen atoms in total. The third-order valence-electron chi connectivity index (χ3n) is 6.16. The summed E-state index contributed by atoms with van der Waals surface area (Å²) in [5, 5.41) is 3.08. The molecule has 0 aliphatic carbocycles. The van der Waals surface area contributed by atoms with E-state index in [0.29, 0.717) is 29.6 Å². The van der Waals surface area contributed by atoms with Gasteiger partial charge in [0.2, 0.25) is 10.0 Å². The van der Waals surface area contributed by atoms with Crippen molar-refractivity contribution in [2.24, 2.45) is 0 Å². The summed E-state index contributed by atoms with van der Waals surface area (Å²) >= 11 is 5.92. The number of fused-ring (bicyclic) bond motifs is 1. The zero-order valence-corrected chi connectivity index (χ0v) is 22.4. The third kappa shape index (κ3) is 5.22. The van der Waals surface area contributed by atoms with E-state index in [2.05, 4.69) is 5.32 Å². The zero-order chi connectivity index (χ0) is 26.9. The van der Waals surface area contributed by atoms with Crippen molar-refractivity contribution in [3.8, 4) is 5.75 Å². The molecule has 1 atom stereocenters. The second kappa shape index (κ2) is 10.5. The molecule has 0 spiro atoms. The predicted molar refractivity (Wildman–Crippen MR) is 141 cm³/mol. The van der Waals surface area contributed by atoms with Gasteiger partial charge in [-0.05, 0) is 60.7 Å². The summed E-state index contributed by atoms with van der Waals surface area (Å²) in [4.78, 5) is 13.3. The van der Waals surface area contributed by atoms with Crippen molar-refractivity contribution in [2.75, 3.05) is 42.5 Å². The van der Waals surface area contributed by atoms with E-state index in [9.17, 15) is 21.6 Å². The van der Waals surface area contributed by atoms with Crippen LogP contribution in [0.4, 0.5) is 11.4 Å². The van der Waals surface area contributed by atoms with Gasteiger partial charge in [-0.15, -0.1) is 0 Å². The largest absolute Gasteiger partial charge is 0.476 e. The van der Waals surface area contributed by atoms with Crippen LogP contribution in [0.2, 0.25) is 5.02 Å². The molecule has 38 heavy (non-hydrogen) atoms. The molecule has 0 saturated carbocycles. The molecule has 0 aromatic heterocycles. The molecule has 200 valence electrons. The molecule has 0 radical (unpaired) electrons. The van der Waals surface area contributed by atoms with Crippen molar-refractivity contribution in [1.29, 1.82) is 0 Å². The quantitative estimate of drug-likeness (QED) is 0.478. The highest BCUT2D eigenvalue weighted by atomic mass is 35.5. The summed E-state index contributed by atoms with van der Waals surface area (Å²) in [7, 11) is -7.71. The number of carbonyl (C=O) groups is 1. The molecule has 2 heterocycles. The van der Waals surface area contributed by atoms with Crippen molar-refractivity contribution in [1.82, 2.24) is 4.31 Å². The van der Waals surface area contributed by atoms with E-state index in [1.807, 2.05) is 0 Å². The number of rotatable bonds is 6. The van der Waals surface area contributed by atoms with E-state index in [1.165, 1.54) is 52.8 Å². The van der Waals surface area contributed by atoms with E-state index < -0.39 is 32.1 Å². The number of halogens is 1. The van der Waals surface area contributed by atoms with Crippen molar-refractivity contribution >= 4 is 48.9 Å². The standard InChI is InChI=1S/C25H24ClN3O7S2/c26-18-5-9-21(10-6-18)38(33,34)29-17-24(36-23-4-2-1-3-22(23)29)25(30)27-19-7-11-20(12-8-19)37(31,32)28-13-15-35-16-14-28/h1-12,24H,13-17H2,(H,27,30)/t24-/m1/s1. The van der Waals surface area contributed by atoms with E-state index in [4.69, 9.17) is 21.1 Å². The number of para-hydroxylation sites is 2. The van der Waals surface area contributed by atoms with Crippen molar-refractivity contribution in [3.05, 3.63) is 77.8 Å². The minimum absolute atomic E-state index is 0.0230. The first-order valence-corrected chi connectivity index (χ1v) is 14.9. The Morgan fingerprint density at radius 1 is 0.842 bits per heavy atom. The lowest BCUT2D eigenvalue weighted by molar-refractivity contribution is -0.122. The van der Waals surface area contributed by atoms with Crippen LogP contribution in [0.25, 0.3) is 0 Å². The highest BCUT2D eigenvalue weighted by Gasteiger charge is 2.37. The van der Waals surface area contributed by atoms with Gasteiger partial charge in [0.15, 0.2) is 6.10 Å². The van der Waals surface area contributed by atoms with Crippen LogP contribution in [-0.4, -0.2) is 66.0 Å². The molecule has 5 rings (SSSR count). The second-order valence-electron chi connectivity index (χ2n) is 8.59. The van der Waals surface area contributed by atoms with E-state index in [0.717, 1.165) is 4.31 Å². The first kappa shape index (κ1) is 26.4. The normalized spacial score (nSPS) is 18.3. The van der Waals surface area contributed by atoms with Crippen LogP contribution < -0.4 is 14.4 Å². The Morgan fingerprint density at radius 2 is 1.45 bits per heavy atom. The van der Waals surface area contributed by atoms with E-state index in [1.54, 1.807) is 24.3 Å². The molecule has 2 aliphatic heterocycles. The van der Waals surface area contributed by atoms with E-state index >= 15 is 0 Å². The average molecular weight is 578 g/mol. The fourth-order valence-corrected chi connectivity index (χ4v) is 7.18. The summed E-state index contributed by atoms with van der Waals surface area (Å²) < 4.78 is 66.2. The van der Waals surface area contributed by atoms with Crippen molar-refractivity contribution in [3.63, 3.8) is 0 Å². The SMILES string of the molecule is O=C(Nc1ccc(S(=O)(=O)N2CCOCC2)cc1)[C@H]1CN(S(=O)(=O)c2ccc(Cl)cc2)c2ccccc2O1. The molecule has 13 heteroatoms. The molecule has 1 N–H and O–H groups in total. The number of morpholine rings is 1. The fraction of sp³-hybridized carbons (Fsp3) is 0.240. The minimum Gasteiger partial charge on any atom is -0.476 e. The molecule has 1 fully saturated rings. The summed E-state index contributed by atoms with van der Waals surface area (Å²) in [5.74, 6) is -0.344. The maximum Gasteiger partial charge on any atom is 0.267 e. The van der Waals surface area contributed by atoms with Gasteiger partial charge in [-0.3, -0.25) is 9.10 Å². The van der Waals surface area contributed by atoms with Crippen molar-refractivity contribution in [2.45, 2.75) is 15.9 Å². The van der Waals surface area contributed by atoms with Gasteiger partial charge >= 0.3 is 0 Å².